The quantitative estimate of drug-likeness (QED) is 0.416. The molecule has 4 rings (SSSR count). The van der Waals surface area contributed by atoms with Crippen molar-refractivity contribution in [2.24, 2.45) is 0 Å². The van der Waals surface area contributed by atoms with Gasteiger partial charge in [0, 0.05) is 29.2 Å². The topological polar surface area (TPSA) is 97.1 Å². The number of nitrogens with one attached hydrogen (secondary N) is 1. The average Bonchev–Trinajstić information content (AvgIpc) is 3.23. The molecule has 170 valence electrons. The summed E-state index contributed by atoms with van der Waals surface area (Å²) in [7, 11) is 0. The van der Waals surface area contributed by atoms with Crippen LogP contribution in [0.5, 0.6) is 0 Å². The highest BCUT2D eigenvalue weighted by Crippen LogP contribution is 2.28. The first-order valence-corrected chi connectivity index (χ1v) is 11.2. The van der Waals surface area contributed by atoms with Gasteiger partial charge < -0.3 is 10.1 Å². The Balaban J connectivity index is 2.01. The molecule has 0 saturated heterocycles. The third-order valence-electron chi connectivity index (χ3n) is 5.99. The van der Waals surface area contributed by atoms with Crippen LogP contribution in [0.15, 0.2) is 64.3 Å². The van der Waals surface area contributed by atoms with Crippen molar-refractivity contribution in [3.63, 3.8) is 0 Å². The molecule has 0 aliphatic rings. The number of allylic oxidation sites excluding steroid dienone is 1. The first kappa shape index (κ1) is 22.3. The highest BCUT2D eigenvalue weighted by atomic mass is 16.4. The average molecular weight is 446 g/mol. The maximum atomic E-state index is 13.6. The van der Waals surface area contributed by atoms with E-state index in [1.54, 1.807) is 10.6 Å². The molecule has 0 spiro atoms. The summed E-state index contributed by atoms with van der Waals surface area (Å²) in [6.45, 7) is 3.81. The molecule has 33 heavy (non-hydrogen) atoms. The number of carboxylic acids is 1. The standard InChI is InChI=1S/C26H27N3O4/c1-3-4-5-9-18-10-8-13-22-24(18)25(32)28(15-14-23(30)31)26(33)29(22)17(2)20-16-27-21-12-7-6-11-19(20)21/h5-13,16-17,27H,3-4,14-15H2,1-2H3,(H,30,31). The van der Waals surface area contributed by atoms with Crippen molar-refractivity contribution >= 4 is 33.9 Å². The van der Waals surface area contributed by atoms with E-state index in [-0.39, 0.29) is 19.0 Å². The second-order valence-corrected chi connectivity index (χ2v) is 8.15. The number of aliphatic carboxylic acids is 1. The minimum Gasteiger partial charge on any atom is -0.481 e. The van der Waals surface area contributed by atoms with Gasteiger partial charge in [0.2, 0.25) is 0 Å². The van der Waals surface area contributed by atoms with Crippen LogP contribution >= 0.6 is 0 Å². The summed E-state index contributed by atoms with van der Waals surface area (Å²) in [6.07, 6.45) is 7.33. The number of nitrogens with zero attached hydrogens (tertiary/aromatic N) is 2. The molecule has 0 saturated carbocycles. The predicted molar refractivity (Wildman–Crippen MR) is 131 cm³/mol. The first-order valence-electron chi connectivity index (χ1n) is 11.2. The lowest BCUT2D eigenvalue weighted by molar-refractivity contribution is -0.137. The third-order valence-corrected chi connectivity index (χ3v) is 5.99. The summed E-state index contributed by atoms with van der Waals surface area (Å²) < 4.78 is 2.66. The maximum absolute atomic E-state index is 13.6. The molecule has 0 amide bonds. The number of para-hydroxylation sites is 1. The Morgan fingerprint density at radius 1 is 1.15 bits per heavy atom. The Bertz CT molecular complexity index is 1470. The lowest BCUT2D eigenvalue weighted by Crippen LogP contribution is -2.42. The van der Waals surface area contributed by atoms with E-state index in [9.17, 15) is 19.5 Å². The van der Waals surface area contributed by atoms with E-state index in [0.717, 1.165) is 39.4 Å². The van der Waals surface area contributed by atoms with E-state index in [1.165, 1.54) is 0 Å². The zero-order chi connectivity index (χ0) is 23.5. The highest BCUT2D eigenvalue weighted by molar-refractivity contribution is 5.88. The molecule has 7 nitrogen and oxygen atoms in total. The first-order chi connectivity index (χ1) is 15.9. The summed E-state index contributed by atoms with van der Waals surface area (Å²) in [6, 6.07) is 12.9. The van der Waals surface area contributed by atoms with Crippen molar-refractivity contribution < 1.29 is 9.90 Å². The monoisotopic (exact) mass is 445 g/mol. The molecule has 2 aromatic carbocycles. The summed E-state index contributed by atoms with van der Waals surface area (Å²) in [5, 5.41) is 10.6. The van der Waals surface area contributed by atoms with E-state index in [4.69, 9.17) is 0 Å². The van der Waals surface area contributed by atoms with Gasteiger partial charge in [-0.05, 0) is 31.0 Å². The fourth-order valence-corrected chi connectivity index (χ4v) is 4.32. The van der Waals surface area contributed by atoms with Crippen molar-refractivity contribution in [3.8, 4) is 0 Å². The minimum absolute atomic E-state index is 0.184. The van der Waals surface area contributed by atoms with Gasteiger partial charge in [0.15, 0.2) is 0 Å². The molecule has 1 atom stereocenters. The van der Waals surface area contributed by atoms with Gasteiger partial charge in [-0.15, -0.1) is 0 Å². The van der Waals surface area contributed by atoms with E-state index in [1.807, 2.05) is 61.7 Å². The smallest absolute Gasteiger partial charge is 0.332 e. The second-order valence-electron chi connectivity index (χ2n) is 8.15. The number of fused-ring (bicyclic) bond motifs is 2. The van der Waals surface area contributed by atoms with Crippen LogP contribution in [0.4, 0.5) is 0 Å². The van der Waals surface area contributed by atoms with Crippen LogP contribution in [0.25, 0.3) is 27.9 Å². The van der Waals surface area contributed by atoms with Gasteiger partial charge in [-0.3, -0.25) is 18.7 Å². The van der Waals surface area contributed by atoms with Crippen molar-refractivity contribution in [1.82, 2.24) is 14.1 Å². The van der Waals surface area contributed by atoms with Gasteiger partial charge in [0.25, 0.3) is 5.56 Å². The number of H-pyrrole nitrogens is 1. The van der Waals surface area contributed by atoms with Crippen LogP contribution in [0, 0.1) is 0 Å². The molecular weight excluding hydrogens is 418 g/mol. The Labute approximate surface area is 190 Å². The number of benzene rings is 2. The molecule has 4 aromatic rings. The SMILES string of the molecule is CCCC=Cc1cccc2c1c(=O)n(CCC(=O)O)c(=O)n2C(C)c1c[nH]c2ccccc12. The molecule has 0 fully saturated rings. The Morgan fingerprint density at radius 3 is 2.70 bits per heavy atom. The third kappa shape index (κ3) is 4.14. The number of aromatic nitrogens is 3. The molecule has 7 heteroatoms. The zero-order valence-corrected chi connectivity index (χ0v) is 18.7. The summed E-state index contributed by atoms with van der Waals surface area (Å²) in [5.41, 5.74) is 2.16. The van der Waals surface area contributed by atoms with Gasteiger partial charge in [-0.1, -0.05) is 55.8 Å². The lowest BCUT2D eigenvalue weighted by atomic mass is 10.0. The van der Waals surface area contributed by atoms with E-state index >= 15 is 0 Å². The van der Waals surface area contributed by atoms with E-state index in [0.29, 0.717) is 10.9 Å². The number of hydrogen-bond acceptors (Lipinski definition) is 3. The van der Waals surface area contributed by atoms with Gasteiger partial charge in [0.05, 0.1) is 23.4 Å². The van der Waals surface area contributed by atoms with Crippen molar-refractivity contribution in [2.75, 3.05) is 0 Å². The molecule has 2 N–H and O–H groups in total. The van der Waals surface area contributed by atoms with Crippen LogP contribution in [-0.4, -0.2) is 25.2 Å². The number of aromatic amines is 1. The number of carboxylic acid groups (broad SMARTS) is 1. The van der Waals surface area contributed by atoms with Crippen molar-refractivity contribution in [3.05, 3.63) is 86.7 Å². The normalized spacial score (nSPS) is 12.7. The molecule has 0 bridgehead atoms. The zero-order valence-electron chi connectivity index (χ0n) is 18.7. The summed E-state index contributed by atoms with van der Waals surface area (Å²) in [5.74, 6) is -1.06. The van der Waals surface area contributed by atoms with Crippen LogP contribution in [0.2, 0.25) is 0 Å². The van der Waals surface area contributed by atoms with Gasteiger partial charge in [0.1, 0.15) is 0 Å². The van der Waals surface area contributed by atoms with Crippen LogP contribution < -0.4 is 11.2 Å². The number of hydrogen-bond donors (Lipinski definition) is 2. The van der Waals surface area contributed by atoms with E-state index < -0.39 is 17.2 Å². The largest absolute Gasteiger partial charge is 0.481 e. The molecule has 2 aromatic heterocycles. The molecule has 0 aliphatic carbocycles. The maximum Gasteiger partial charge on any atom is 0.332 e. The van der Waals surface area contributed by atoms with Crippen molar-refractivity contribution in [1.29, 1.82) is 0 Å². The summed E-state index contributed by atoms with van der Waals surface area (Å²) in [4.78, 5) is 41.4. The Kier molecular flexibility index (Phi) is 6.31. The van der Waals surface area contributed by atoms with Crippen molar-refractivity contribution in [2.45, 2.75) is 45.7 Å². The Hall–Kier alpha value is -3.87. The minimum atomic E-state index is -1.06. The fourth-order valence-electron chi connectivity index (χ4n) is 4.32. The summed E-state index contributed by atoms with van der Waals surface area (Å²) >= 11 is 0. The highest BCUT2D eigenvalue weighted by Gasteiger charge is 2.21. The lowest BCUT2D eigenvalue weighted by Gasteiger charge is -2.20. The molecular formula is C26H27N3O4. The van der Waals surface area contributed by atoms with Gasteiger partial charge in [-0.25, -0.2) is 4.79 Å². The molecule has 0 radical (unpaired) electrons. The van der Waals surface area contributed by atoms with Gasteiger partial charge >= 0.3 is 11.7 Å². The fraction of sp³-hybridized carbons (Fsp3) is 0.269. The Morgan fingerprint density at radius 2 is 1.94 bits per heavy atom. The van der Waals surface area contributed by atoms with Crippen LogP contribution in [0.1, 0.15) is 50.3 Å². The van der Waals surface area contributed by atoms with Gasteiger partial charge in [-0.2, -0.15) is 0 Å². The number of rotatable bonds is 8. The predicted octanol–water partition coefficient (Wildman–Crippen LogP) is 4.54. The molecule has 0 aliphatic heterocycles. The number of carbonyl (C=O) groups is 1. The van der Waals surface area contributed by atoms with Crippen LogP contribution in [0.3, 0.4) is 0 Å². The number of unbranched alkanes of at least 4 members (excludes halogenated alkanes) is 1. The molecule has 2 heterocycles. The van der Waals surface area contributed by atoms with Crippen LogP contribution in [-0.2, 0) is 11.3 Å². The molecule has 1 unspecified atom stereocenters. The van der Waals surface area contributed by atoms with E-state index in [2.05, 4.69) is 11.9 Å². The second kappa shape index (κ2) is 9.32.